The van der Waals surface area contributed by atoms with Crippen molar-refractivity contribution >= 4 is 29.8 Å². The summed E-state index contributed by atoms with van der Waals surface area (Å²) in [6, 6.07) is 6.04. The predicted molar refractivity (Wildman–Crippen MR) is 282 cm³/mol. The molecule has 1 unspecified atom stereocenters. The van der Waals surface area contributed by atoms with E-state index in [0.29, 0.717) is 0 Å². The van der Waals surface area contributed by atoms with Crippen LogP contribution < -0.4 is 71.1 Å². The maximum absolute atomic E-state index is 15.9. The van der Waals surface area contributed by atoms with Crippen LogP contribution in [0.15, 0.2) is 30.3 Å². The highest BCUT2D eigenvalue weighted by Crippen LogP contribution is 2.58. The molecule has 8 rings (SSSR count). The van der Waals surface area contributed by atoms with Gasteiger partial charge in [-0.2, -0.15) is 0 Å². The fraction of sp³-hybridized carbons (Fsp3) is 0.375. The summed E-state index contributed by atoms with van der Waals surface area (Å²) in [6.45, 7) is -0.869. The third kappa shape index (κ3) is 9.99. The first kappa shape index (κ1) is 59.5. The topological polar surface area (TPSA) is 299 Å². The van der Waals surface area contributed by atoms with Crippen LogP contribution in [0.1, 0.15) is 51.8 Å². The maximum Gasteiger partial charge on any atom is 0.341 e. The molecule has 1 saturated heterocycles. The molecule has 1 fully saturated rings. The molecule has 444 valence electrons. The number of aliphatic hydroxyl groups is 1. The summed E-state index contributed by atoms with van der Waals surface area (Å²) < 4.78 is 123. The normalized spacial score (nSPS) is 18.0. The summed E-state index contributed by atoms with van der Waals surface area (Å²) in [5, 5.41) is 12.0. The molecule has 27 nitrogen and oxygen atoms in total. The van der Waals surface area contributed by atoms with Gasteiger partial charge < -0.3 is 105 Å². The van der Waals surface area contributed by atoms with E-state index in [1.54, 1.807) is 0 Å². The number of methoxy groups -OCH3 is 15. The van der Waals surface area contributed by atoms with Gasteiger partial charge in [-0.1, -0.05) is 0 Å². The van der Waals surface area contributed by atoms with Gasteiger partial charge in [-0.15, -0.1) is 0 Å². The van der Waals surface area contributed by atoms with Crippen LogP contribution in [0.3, 0.4) is 0 Å². The third-order valence-corrected chi connectivity index (χ3v) is 13.6. The lowest BCUT2D eigenvalue weighted by atomic mass is 9.90. The Balaban J connectivity index is 1.43. The summed E-state index contributed by atoms with van der Waals surface area (Å²) in [6.07, 6.45) is -10.2. The van der Waals surface area contributed by atoms with E-state index in [0.717, 1.165) is 13.2 Å². The van der Waals surface area contributed by atoms with Crippen LogP contribution in [-0.2, 0) is 28.4 Å². The standard InChI is InChI=1S/C56H58O27/c1-63-27-16-22-33(44(72-10)38(27)67-5)36-25(19-31(42(71-9)47(36)75-13)79-37-26(51(57)77-15)20-30(66-4)41(70-8)48(37)76-14)53(59)81-43-32(21-78-52(22)58)80-56(62)50-49(43)82-54(60)23-17-28(64-2)39(68-6)45(73-11)34(23)35-24(55(61)83-50)18-29(65-3)40(69-7)46(35)74-12/h16-20,32,43,49-50,56,62H,21H2,1-15H3/t32-,43-,49+,50-,56?/m1/s1. The fourth-order valence-corrected chi connectivity index (χ4v) is 10.0. The molecule has 3 aliphatic heterocycles. The Kier molecular flexibility index (Phi) is 17.6. The molecule has 0 aliphatic carbocycles. The second kappa shape index (κ2) is 24.6. The van der Waals surface area contributed by atoms with Gasteiger partial charge >= 0.3 is 29.8 Å². The van der Waals surface area contributed by atoms with Gasteiger partial charge in [0.1, 0.15) is 18.3 Å². The number of fused-ring (bicyclic) bond motifs is 9. The average Bonchev–Trinajstić information content (AvgIpc) is 2.87. The smallest absolute Gasteiger partial charge is 0.341 e. The summed E-state index contributed by atoms with van der Waals surface area (Å²) in [4.78, 5) is 74.8. The Labute approximate surface area is 473 Å². The number of rotatable bonds is 17. The lowest BCUT2D eigenvalue weighted by molar-refractivity contribution is -0.284. The van der Waals surface area contributed by atoms with E-state index in [-0.39, 0.29) is 131 Å². The Morgan fingerprint density at radius 3 is 1.08 bits per heavy atom. The Morgan fingerprint density at radius 2 is 0.711 bits per heavy atom. The van der Waals surface area contributed by atoms with Crippen molar-refractivity contribution < 1.29 is 129 Å². The number of cyclic esters (lactones) is 1. The van der Waals surface area contributed by atoms with Crippen LogP contribution in [-0.4, -0.2) is 179 Å². The number of ether oxygens (including phenoxy) is 21. The number of hydrogen-bond acceptors (Lipinski definition) is 27. The Bertz CT molecular complexity index is 3390. The molecule has 3 aliphatic rings. The minimum atomic E-state index is -2.24. The summed E-state index contributed by atoms with van der Waals surface area (Å²) in [5.41, 5.74) is -2.79. The first-order chi connectivity index (χ1) is 40.0. The zero-order valence-corrected chi connectivity index (χ0v) is 47.5. The molecule has 5 aromatic carbocycles. The molecule has 0 saturated carbocycles. The van der Waals surface area contributed by atoms with Crippen molar-refractivity contribution in [1.29, 1.82) is 0 Å². The highest BCUT2D eigenvalue weighted by Gasteiger charge is 2.54. The molecule has 0 amide bonds. The van der Waals surface area contributed by atoms with Crippen molar-refractivity contribution in [2.75, 3.05) is 113 Å². The molecule has 27 heteroatoms. The fourth-order valence-electron chi connectivity index (χ4n) is 10.0. The molecule has 0 aromatic heterocycles. The van der Waals surface area contributed by atoms with Gasteiger partial charge in [-0.25, -0.2) is 24.0 Å². The first-order valence-corrected chi connectivity index (χ1v) is 24.5. The first-order valence-electron chi connectivity index (χ1n) is 24.5. The summed E-state index contributed by atoms with van der Waals surface area (Å²) >= 11 is 0. The van der Waals surface area contributed by atoms with Crippen molar-refractivity contribution in [1.82, 2.24) is 0 Å². The number of hydrogen-bond donors (Lipinski definition) is 1. The molecule has 5 aromatic rings. The van der Waals surface area contributed by atoms with Gasteiger partial charge in [-0.3, -0.25) is 0 Å². The quantitative estimate of drug-likeness (QED) is 0.0837. The van der Waals surface area contributed by atoms with Crippen LogP contribution in [0.25, 0.3) is 22.3 Å². The second-order valence-electron chi connectivity index (χ2n) is 17.5. The van der Waals surface area contributed by atoms with Crippen LogP contribution in [0, 0.1) is 0 Å². The van der Waals surface area contributed by atoms with E-state index in [1.165, 1.54) is 124 Å². The lowest BCUT2D eigenvalue weighted by Gasteiger charge is -2.43. The van der Waals surface area contributed by atoms with Crippen molar-refractivity contribution in [3.63, 3.8) is 0 Å². The molecule has 5 atom stereocenters. The third-order valence-electron chi connectivity index (χ3n) is 13.6. The number of esters is 5. The monoisotopic (exact) mass is 1160 g/mol. The molecule has 0 radical (unpaired) electrons. The van der Waals surface area contributed by atoms with Gasteiger partial charge in [0, 0.05) is 34.4 Å². The molecule has 0 bridgehead atoms. The second-order valence-corrected chi connectivity index (χ2v) is 17.5. The van der Waals surface area contributed by atoms with Gasteiger partial charge in [-0.05, 0) is 18.2 Å². The largest absolute Gasteiger partial charge is 0.493 e. The minimum absolute atomic E-state index is 0.0247. The zero-order chi connectivity index (χ0) is 60.3. The van der Waals surface area contributed by atoms with E-state index in [2.05, 4.69) is 0 Å². The molecule has 1 N–H and O–H groups in total. The van der Waals surface area contributed by atoms with E-state index in [1.807, 2.05) is 0 Å². The Hall–Kier alpha value is -9.63. The van der Waals surface area contributed by atoms with E-state index < -0.39 is 78.5 Å². The Morgan fingerprint density at radius 1 is 0.386 bits per heavy atom. The van der Waals surface area contributed by atoms with Crippen LogP contribution >= 0.6 is 0 Å². The molecular formula is C56H58O27. The SMILES string of the molecule is COC(=O)c1cc(OC)c(OC)c(OC)c1Oc1cc2c(c(OC)c1OC)-c1c(cc(OC)c(OC)c1OC)C(=O)OC[C@H]1OC(O)[C@@H]3OC(=O)c4cc(OC)c(OC)c(OC)c4-c4c(cc(OC)c(OC)c4OC)C(=O)O[C@H]3[C@@H]1OC2=O. The highest BCUT2D eigenvalue weighted by atomic mass is 16.7. The molecular weight excluding hydrogens is 1100 g/mol. The van der Waals surface area contributed by atoms with Gasteiger partial charge in [0.2, 0.25) is 34.5 Å². The van der Waals surface area contributed by atoms with Crippen LogP contribution in [0.5, 0.6) is 92.0 Å². The van der Waals surface area contributed by atoms with Gasteiger partial charge in [0.15, 0.2) is 82.1 Å². The lowest BCUT2D eigenvalue weighted by Crippen LogP contribution is -2.62. The molecule has 0 spiro atoms. The molecule has 3 heterocycles. The van der Waals surface area contributed by atoms with Crippen LogP contribution in [0.4, 0.5) is 0 Å². The van der Waals surface area contributed by atoms with Crippen molar-refractivity contribution in [2.45, 2.75) is 30.7 Å². The summed E-state index contributed by atoms with van der Waals surface area (Å²) in [7, 11) is 18.9. The molecule has 83 heavy (non-hydrogen) atoms. The van der Waals surface area contributed by atoms with E-state index in [4.69, 9.17) is 99.5 Å². The number of carbonyl (C=O) groups is 5. The van der Waals surface area contributed by atoms with E-state index in [9.17, 15) is 14.7 Å². The number of carbonyl (C=O) groups excluding carboxylic acids is 5. The maximum atomic E-state index is 15.9. The number of aliphatic hydroxyl groups excluding tert-OH is 1. The van der Waals surface area contributed by atoms with E-state index >= 15 is 14.4 Å². The zero-order valence-electron chi connectivity index (χ0n) is 47.5. The van der Waals surface area contributed by atoms with Crippen molar-refractivity contribution in [3.8, 4) is 114 Å². The van der Waals surface area contributed by atoms with Crippen molar-refractivity contribution in [2.24, 2.45) is 0 Å². The summed E-state index contributed by atoms with van der Waals surface area (Å²) in [5.74, 6) is -8.43. The minimum Gasteiger partial charge on any atom is -0.493 e. The average molecular weight is 1160 g/mol. The van der Waals surface area contributed by atoms with Gasteiger partial charge in [0.05, 0.1) is 129 Å². The predicted octanol–water partition coefficient (Wildman–Crippen LogP) is 5.90. The van der Waals surface area contributed by atoms with Gasteiger partial charge in [0.25, 0.3) is 0 Å². The van der Waals surface area contributed by atoms with Crippen molar-refractivity contribution in [3.05, 3.63) is 58.1 Å². The highest BCUT2D eigenvalue weighted by molar-refractivity contribution is 6.10. The van der Waals surface area contributed by atoms with Crippen LogP contribution in [0.2, 0.25) is 0 Å². The number of benzene rings is 5.